The maximum absolute atomic E-state index is 11.5. The van der Waals surface area contributed by atoms with Crippen LogP contribution in [0, 0.1) is 5.92 Å². The number of aromatic amines is 1. The van der Waals surface area contributed by atoms with Crippen molar-refractivity contribution < 1.29 is 9.53 Å². The van der Waals surface area contributed by atoms with Gasteiger partial charge in [-0.25, -0.2) is 4.79 Å². The molecule has 1 heterocycles. The molecule has 0 atom stereocenters. The van der Waals surface area contributed by atoms with E-state index in [4.69, 9.17) is 4.74 Å². The summed E-state index contributed by atoms with van der Waals surface area (Å²) in [6.45, 7) is 3.18. The summed E-state index contributed by atoms with van der Waals surface area (Å²) in [6, 6.07) is 1.76. The Bertz CT molecular complexity index is 411. The molecule has 0 aromatic carbocycles. The zero-order valence-electron chi connectivity index (χ0n) is 11.8. The van der Waals surface area contributed by atoms with Crippen LogP contribution in [0.1, 0.15) is 49.5 Å². The van der Waals surface area contributed by atoms with Gasteiger partial charge in [-0.3, -0.25) is 5.10 Å². The van der Waals surface area contributed by atoms with Crippen LogP contribution in [-0.4, -0.2) is 36.4 Å². The van der Waals surface area contributed by atoms with E-state index >= 15 is 0 Å². The number of esters is 1. The number of nitrogens with one attached hydrogen (secondary N) is 1. The Morgan fingerprint density at radius 1 is 1.47 bits per heavy atom. The highest BCUT2D eigenvalue weighted by atomic mass is 16.5. The van der Waals surface area contributed by atoms with Crippen LogP contribution >= 0.6 is 0 Å². The van der Waals surface area contributed by atoms with Crippen LogP contribution in [0.15, 0.2) is 6.07 Å². The van der Waals surface area contributed by atoms with Crippen molar-refractivity contribution in [2.45, 2.75) is 39.0 Å². The molecule has 2 rings (SSSR count). The Morgan fingerprint density at radius 2 is 2.21 bits per heavy atom. The molecule has 1 N–H and O–H groups in total. The Morgan fingerprint density at radius 3 is 2.89 bits per heavy atom. The molecule has 0 aliphatic heterocycles. The predicted molar refractivity (Wildman–Crippen MR) is 74.4 cm³/mol. The second-order valence-corrected chi connectivity index (χ2v) is 5.24. The number of anilines is 1. The fraction of sp³-hybridized carbons (Fsp3) is 0.714. The lowest BCUT2D eigenvalue weighted by Crippen LogP contribution is -2.27. The van der Waals surface area contributed by atoms with Gasteiger partial charge < -0.3 is 9.64 Å². The van der Waals surface area contributed by atoms with Crippen molar-refractivity contribution in [2.75, 3.05) is 25.1 Å². The molecule has 0 spiro atoms. The minimum atomic E-state index is -0.365. The first kappa shape index (κ1) is 13.9. The molecule has 106 valence electrons. The molecule has 0 bridgehead atoms. The summed E-state index contributed by atoms with van der Waals surface area (Å²) in [7, 11) is 2.04. The predicted octanol–water partition coefficient (Wildman–Crippen LogP) is 2.60. The van der Waals surface area contributed by atoms with Crippen molar-refractivity contribution in [3.63, 3.8) is 0 Å². The number of carbonyl (C=O) groups is 1. The van der Waals surface area contributed by atoms with E-state index in [1.165, 1.54) is 32.1 Å². The first-order chi connectivity index (χ1) is 9.20. The molecule has 5 heteroatoms. The normalized spacial score (nSPS) is 16.3. The van der Waals surface area contributed by atoms with Crippen molar-refractivity contribution in [3.05, 3.63) is 11.8 Å². The number of H-pyrrole nitrogens is 1. The largest absolute Gasteiger partial charge is 0.461 e. The zero-order chi connectivity index (χ0) is 13.7. The maximum Gasteiger partial charge on any atom is 0.358 e. The zero-order valence-corrected chi connectivity index (χ0v) is 11.8. The molecular formula is C14H23N3O2. The lowest BCUT2D eigenvalue weighted by molar-refractivity contribution is 0.0519. The summed E-state index contributed by atoms with van der Waals surface area (Å²) in [6.07, 6.45) is 6.68. The highest BCUT2D eigenvalue weighted by molar-refractivity contribution is 5.88. The summed E-state index contributed by atoms with van der Waals surface area (Å²) in [5.74, 6) is 1.28. The van der Waals surface area contributed by atoms with E-state index in [1.807, 2.05) is 7.05 Å². The fourth-order valence-corrected chi connectivity index (χ4v) is 2.67. The Hall–Kier alpha value is -1.52. The molecule has 0 radical (unpaired) electrons. The van der Waals surface area contributed by atoms with E-state index in [0.29, 0.717) is 12.3 Å². The SMILES string of the molecule is CCOC(=O)c1cc(N(C)CC2CCCCC2)[nH]n1. The highest BCUT2D eigenvalue weighted by Crippen LogP contribution is 2.25. The first-order valence-corrected chi connectivity index (χ1v) is 7.14. The van der Waals surface area contributed by atoms with Crippen molar-refractivity contribution in [1.82, 2.24) is 10.2 Å². The Kier molecular flexibility index (Phi) is 4.82. The first-order valence-electron chi connectivity index (χ1n) is 7.14. The number of nitrogens with zero attached hydrogens (tertiary/aromatic N) is 2. The molecule has 0 saturated heterocycles. The third-order valence-electron chi connectivity index (χ3n) is 3.72. The molecule has 1 aliphatic carbocycles. The van der Waals surface area contributed by atoms with Crippen LogP contribution in [0.3, 0.4) is 0 Å². The van der Waals surface area contributed by atoms with Crippen molar-refractivity contribution >= 4 is 11.8 Å². The number of hydrogen-bond acceptors (Lipinski definition) is 4. The van der Waals surface area contributed by atoms with Crippen molar-refractivity contribution in [2.24, 2.45) is 5.92 Å². The van der Waals surface area contributed by atoms with Gasteiger partial charge in [0.25, 0.3) is 0 Å². The molecule has 5 nitrogen and oxygen atoms in total. The summed E-state index contributed by atoms with van der Waals surface area (Å²) < 4.78 is 4.93. The molecule has 0 unspecified atom stereocenters. The molecule has 19 heavy (non-hydrogen) atoms. The van der Waals surface area contributed by atoms with Crippen LogP contribution < -0.4 is 4.90 Å². The highest BCUT2D eigenvalue weighted by Gasteiger charge is 2.18. The second-order valence-electron chi connectivity index (χ2n) is 5.24. The van der Waals surface area contributed by atoms with Gasteiger partial charge in [0.15, 0.2) is 5.69 Å². The summed E-state index contributed by atoms with van der Waals surface area (Å²) in [4.78, 5) is 13.7. The van der Waals surface area contributed by atoms with Crippen LogP contribution in [0.5, 0.6) is 0 Å². The number of rotatable bonds is 5. The Balaban J connectivity index is 1.91. The van der Waals surface area contributed by atoms with Gasteiger partial charge in [0.1, 0.15) is 5.82 Å². The van der Waals surface area contributed by atoms with Gasteiger partial charge in [-0.05, 0) is 25.7 Å². The van der Waals surface area contributed by atoms with E-state index < -0.39 is 0 Å². The topological polar surface area (TPSA) is 58.2 Å². The monoisotopic (exact) mass is 265 g/mol. The summed E-state index contributed by atoms with van der Waals surface area (Å²) in [5.41, 5.74) is 0.354. The molecule has 0 amide bonds. The average molecular weight is 265 g/mol. The van der Waals surface area contributed by atoms with E-state index in [9.17, 15) is 4.79 Å². The third kappa shape index (κ3) is 3.72. The average Bonchev–Trinajstić information content (AvgIpc) is 2.90. The quantitative estimate of drug-likeness (QED) is 0.831. The van der Waals surface area contributed by atoms with Crippen molar-refractivity contribution in [1.29, 1.82) is 0 Å². The molecule has 1 fully saturated rings. The molecule has 1 aromatic heterocycles. The van der Waals surface area contributed by atoms with E-state index in [2.05, 4.69) is 15.1 Å². The Labute approximate surface area is 114 Å². The summed E-state index contributed by atoms with van der Waals surface area (Å²) >= 11 is 0. The van der Waals surface area contributed by atoms with Crippen molar-refractivity contribution in [3.8, 4) is 0 Å². The van der Waals surface area contributed by atoms with Crippen LogP contribution in [0.25, 0.3) is 0 Å². The molecule has 1 aromatic rings. The van der Waals surface area contributed by atoms with Gasteiger partial charge in [0.2, 0.25) is 0 Å². The van der Waals surface area contributed by atoms with Gasteiger partial charge in [-0.15, -0.1) is 0 Å². The number of ether oxygens (including phenoxy) is 1. The van der Waals surface area contributed by atoms with Gasteiger partial charge in [-0.2, -0.15) is 5.10 Å². The summed E-state index contributed by atoms with van der Waals surface area (Å²) in [5, 5.41) is 6.92. The molecular weight excluding hydrogens is 242 g/mol. The lowest BCUT2D eigenvalue weighted by atomic mass is 9.89. The minimum absolute atomic E-state index is 0.354. The van der Waals surface area contributed by atoms with Crippen LogP contribution in [-0.2, 0) is 4.74 Å². The molecule has 1 saturated carbocycles. The lowest BCUT2D eigenvalue weighted by Gasteiger charge is -2.27. The van der Waals surface area contributed by atoms with Gasteiger partial charge in [0, 0.05) is 19.7 Å². The van der Waals surface area contributed by atoms with E-state index in [1.54, 1.807) is 13.0 Å². The third-order valence-corrected chi connectivity index (χ3v) is 3.72. The number of aromatic nitrogens is 2. The van der Waals surface area contributed by atoms with E-state index in [-0.39, 0.29) is 5.97 Å². The van der Waals surface area contributed by atoms with Crippen LogP contribution in [0.4, 0.5) is 5.82 Å². The second kappa shape index (κ2) is 6.59. The maximum atomic E-state index is 11.5. The van der Waals surface area contributed by atoms with Crippen LogP contribution in [0.2, 0.25) is 0 Å². The minimum Gasteiger partial charge on any atom is -0.461 e. The number of hydrogen-bond donors (Lipinski definition) is 1. The number of carbonyl (C=O) groups excluding carboxylic acids is 1. The van der Waals surface area contributed by atoms with Gasteiger partial charge in [0.05, 0.1) is 6.61 Å². The van der Waals surface area contributed by atoms with Gasteiger partial charge in [-0.1, -0.05) is 19.3 Å². The molecule has 1 aliphatic rings. The smallest absolute Gasteiger partial charge is 0.358 e. The fourth-order valence-electron chi connectivity index (χ4n) is 2.67. The van der Waals surface area contributed by atoms with E-state index in [0.717, 1.165) is 18.3 Å². The van der Waals surface area contributed by atoms with Gasteiger partial charge >= 0.3 is 5.97 Å². The standard InChI is InChI=1S/C14H23N3O2/c1-3-19-14(18)12-9-13(16-15-12)17(2)10-11-7-5-4-6-8-11/h9,11H,3-8,10H2,1-2H3,(H,15,16).